The van der Waals surface area contributed by atoms with E-state index < -0.39 is 19.5 Å². The maximum atomic E-state index is 12.8. The van der Waals surface area contributed by atoms with Crippen LogP contribution in [0.3, 0.4) is 0 Å². The number of para-hydroxylation sites is 2. The number of nitrogens with one attached hydrogen (secondary N) is 5. The van der Waals surface area contributed by atoms with Crippen LogP contribution in [0.1, 0.15) is 51.4 Å². The number of benzene rings is 4. The molecule has 18 nitrogen and oxygen atoms in total. The molecular formula is C62H81ClN14O4P2. The first kappa shape index (κ1) is 62.0. The molecule has 4 heterocycles. The third-order valence-electron chi connectivity index (χ3n) is 16.4. The van der Waals surface area contributed by atoms with E-state index >= 15 is 0 Å². The van der Waals surface area contributed by atoms with Crippen molar-refractivity contribution in [2.24, 2.45) is 10.8 Å². The van der Waals surface area contributed by atoms with E-state index in [9.17, 15) is 18.7 Å². The number of hydrogen-bond acceptors (Lipinski definition) is 17. The summed E-state index contributed by atoms with van der Waals surface area (Å²) in [6, 6.07) is 32.2. The van der Waals surface area contributed by atoms with Crippen molar-refractivity contribution in [3.8, 4) is 0 Å². The molecule has 0 atom stereocenters. The normalized spacial score (nSPS) is 17.2. The summed E-state index contributed by atoms with van der Waals surface area (Å²) in [6.07, 6.45) is 15.7. The van der Waals surface area contributed by atoms with Gasteiger partial charge >= 0.3 is 0 Å². The van der Waals surface area contributed by atoms with Gasteiger partial charge in [0.25, 0.3) is 0 Å². The first-order chi connectivity index (χ1) is 39.4. The summed E-state index contributed by atoms with van der Waals surface area (Å²) in [4.78, 5) is 49.3. The van der Waals surface area contributed by atoms with Crippen LogP contribution in [0, 0.1) is 10.8 Å². The van der Waals surface area contributed by atoms with E-state index in [4.69, 9.17) is 17.3 Å². The Morgan fingerprint density at radius 2 is 1.01 bits per heavy atom. The predicted octanol–water partition coefficient (Wildman–Crippen LogP) is 11.7. The Morgan fingerprint density at radius 1 is 0.602 bits per heavy atom. The van der Waals surface area contributed by atoms with Crippen LogP contribution in [0.2, 0.25) is 0 Å². The topological polar surface area (TPSA) is 219 Å². The molecule has 2 saturated heterocycles. The lowest BCUT2D eigenvalue weighted by Crippen LogP contribution is -2.53. The molecule has 21 heteroatoms. The minimum atomic E-state index is -2.48. The zero-order valence-corrected chi connectivity index (χ0v) is 51.7. The Hall–Kier alpha value is -7.07. The summed E-state index contributed by atoms with van der Waals surface area (Å²) in [7, 11) is 3.81. The van der Waals surface area contributed by atoms with Crippen molar-refractivity contribution in [1.82, 2.24) is 29.7 Å². The standard InChI is InChI=1S/C31H40N7O2P.C28H38N7OP.C3H3ClO/c1-6-29(39)35-25-19-22(11-12-26(25)38-17-14-31(15-18-38)20-23(21-31)37(2)3)33-30-32-16-13-28(36-30)34-24-9-7-8-10-27(24)41(4,5)40;1-34(2)21-18-28(19-21)12-15-35(16-13-28)24-10-9-20(17-22(24)29)31-27-30-14-11-26(33-27)32-23-7-5-6-8-25(23)37(3,4)36;1-2-3(4)5/h6-13,16,19,23H,1,14-15,17-18,20-21H2,2-5H3,(H,35,39)(H2,32,33,34,36);5-11,14,17,21H,12-13,15-16,18-19,29H2,1-4H3,(H2,30,31,32,33);2H,1H2. The van der Waals surface area contributed by atoms with Crippen LogP contribution in [0.25, 0.3) is 0 Å². The van der Waals surface area contributed by atoms with Crippen molar-refractivity contribution in [2.75, 3.05) is 123 Å². The van der Waals surface area contributed by atoms with Gasteiger partial charge in [0, 0.05) is 72.6 Å². The highest BCUT2D eigenvalue weighted by molar-refractivity contribution is 7.70. The fourth-order valence-electron chi connectivity index (χ4n) is 11.6. The number of aromatic nitrogens is 4. The molecule has 83 heavy (non-hydrogen) atoms. The second kappa shape index (κ2) is 26.7. The quantitative estimate of drug-likeness (QED) is 0.0216. The molecule has 7 N–H and O–H groups in total. The number of nitrogens with zero attached hydrogens (tertiary/aromatic N) is 8. The van der Waals surface area contributed by atoms with E-state index in [1.165, 1.54) is 44.6 Å². The van der Waals surface area contributed by atoms with Crippen molar-refractivity contribution in [3.63, 3.8) is 0 Å². The van der Waals surface area contributed by atoms with E-state index in [0.29, 0.717) is 40.4 Å². The zero-order chi connectivity index (χ0) is 59.7. The third kappa shape index (κ3) is 16.2. The van der Waals surface area contributed by atoms with Crippen LogP contribution in [0.4, 0.5) is 69.0 Å². The average molecular weight is 1180 g/mol. The van der Waals surface area contributed by atoms with Crippen molar-refractivity contribution in [2.45, 2.75) is 63.5 Å². The molecule has 0 bridgehead atoms. The van der Waals surface area contributed by atoms with Gasteiger partial charge in [0.05, 0.1) is 34.1 Å². The lowest BCUT2D eigenvalue weighted by Gasteiger charge is -2.54. The first-order valence-electron chi connectivity index (χ1n) is 28.1. The molecule has 2 spiro atoms. The first-order valence-corrected chi connectivity index (χ1v) is 33.7. The number of piperidine rings is 2. The van der Waals surface area contributed by atoms with Gasteiger partial charge in [0.1, 0.15) is 25.9 Å². The Kier molecular flexibility index (Phi) is 19.9. The number of carbonyl (C=O) groups is 2. The van der Waals surface area contributed by atoms with Crippen LogP contribution in [0.15, 0.2) is 135 Å². The number of rotatable bonds is 17. The molecule has 4 fully saturated rings. The molecule has 6 aromatic rings. The third-order valence-corrected chi connectivity index (χ3v) is 19.7. The number of allylic oxidation sites excluding steroid dienone is 1. The Morgan fingerprint density at radius 3 is 1.41 bits per heavy atom. The van der Waals surface area contributed by atoms with Crippen molar-refractivity contribution in [1.29, 1.82) is 0 Å². The maximum absolute atomic E-state index is 12.8. The molecule has 2 aliphatic heterocycles. The zero-order valence-electron chi connectivity index (χ0n) is 49.2. The van der Waals surface area contributed by atoms with Gasteiger partial charge in [-0.05, 0) is 214 Å². The number of nitrogens with two attached hydrogens (primary N) is 1. The van der Waals surface area contributed by atoms with Gasteiger partial charge in [-0.25, -0.2) is 9.97 Å². The highest BCUT2D eigenvalue weighted by Gasteiger charge is 2.48. The van der Waals surface area contributed by atoms with Crippen molar-refractivity contribution in [3.05, 3.63) is 135 Å². The van der Waals surface area contributed by atoms with Gasteiger partial charge in [-0.15, -0.1) is 0 Å². The average Bonchev–Trinajstić information content (AvgIpc) is 2.85. The largest absolute Gasteiger partial charge is 0.397 e. The summed E-state index contributed by atoms with van der Waals surface area (Å²) in [5, 5.41) is 17.2. The molecule has 0 radical (unpaired) electrons. The van der Waals surface area contributed by atoms with Crippen LogP contribution < -0.4 is 52.7 Å². The van der Waals surface area contributed by atoms with E-state index in [0.717, 1.165) is 107 Å². The highest BCUT2D eigenvalue weighted by atomic mass is 35.5. The molecular weight excluding hydrogens is 1100 g/mol. The van der Waals surface area contributed by atoms with Crippen LogP contribution >= 0.6 is 25.9 Å². The van der Waals surface area contributed by atoms with E-state index in [1.807, 2.05) is 78.9 Å². The predicted molar refractivity (Wildman–Crippen MR) is 347 cm³/mol. The second-order valence-corrected chi connectivity index (χ2v) is 30.2. The molecule has 10 rings (SSSR count). The van der Waals surface area contributed by atoms with E-state index in [1.54, 1.807) is 51.2 Å². The summed E-state index contributed by atoms with van der Waals surface area (Å²) in [5.41, 5.74) is 14.2. The fraction of sp³-hybridized carbons (Fsp3) is 0.387. The SMILES string of the molecule is C=CC(=O)Cl.C=CC(=O)Nc1cc(Nc2nccc(Nc3ccccc3P(C)(C)=O)n2)ccc1N1CCC2(CC1)CC(N(C)C)C2.CN(C)C1CC2(CCN(c3ccc(Nc4nccc(Nc5ccccc5P(C)(C)=O)n4)cc3N)CC2)C1. The lowest BCUT2D eigenvalue weighted by atomic mass is 9.60. The fourth-order valence-corrected chi connectivity index (χ4v) is 13.9. The summed E-state index contributed by atoms with van der Waals surface area (Å²) < 4.78 is 25.5. The minimum Gasteiger partial charge on any atom is -0.397 e. The number of hydrogen-bond donors (Lipinski definition) is 6. The van der Waals surface area contributed by atoms with Gasteiger partial charge < -0.3 is 61.0 Å². The molecule has 4 aromatic carbocycles. The molecule has 440 valence electrons. The summed E-state index contributed by atoms with van der Waals surface area (Å²) in [6.45, 7) is 17.8. The maximum Gasteiger partial charge on any atom is 0.247 e. The van der Waals surface area contributed by atoms with Gasteiger partial charge in [0.2, 0.25) is 23.0 Å². The van der Waals surface area contributed by atoms with Gasteiger partial charge in [0.15, 0.2) is 0 Å². The van der Waals surface area contributed by atoms with Crippen molar-refractivity contribution >= 4 is 117 Å². The smallest absolute Gasteiger partial charge is 0.247 e. The Labute approximate surface area is 494 Å². The Bertz CT molecular complexity index is 3370. The van der Waals surface area contributed by atoms with Crippen LogP contribution in [-0.4, -0.2) is 134 Å². The van der Waals surface area contributed by atoms with E-state index in [2.05, 4.69) is 114 Å². The summed E-state index contributed by atoms with van der Waals surface area (Å²) in [5.74, 6) is 1.81. The van der Waals surface area contributed by atoms with E-state index in [-0.39, 0.29) is 5.91 Å². The molecule has 2 aromatic heterocycles. The second-order valence-electron chi connectivity index (χ2n) is 23.5. The molecule has 4 aliphatic rings. The van der Waals surface area contributed by atoms with Gasteiger partial charge in [-0.1, -0.05) is 37.4 Å². The van der Waals surface area contributed by atoms with Gasteiger partial charge in [-0.3, -0.25) is 9.59 Å². The van der Waals surface area contributed by atoms with Crippen molar-refractivity contribution < 1.29 is 18.7 Å². The van der Waals surface area contributed by atoms with Gasteiger partial charge in [-0.2, -0.15) is 9.97 Å². The minimum absolute atomic E-state index is 0.255. The molecule has 2 aliphatic carbocycles. The number of halogens is 1. The highest BCUT2D eigenvalue weighted by Crippen LogP contribution is 2.53. The number of amides is 1. The van der Waals surface area contributed by atoms with Crippen LogP contribution in [-0.2, 0) is 18.7 Å². The number of carbonyl (C=O) groups excluding carboxylic acids is 2. The number of anilines is 12. The molecule has 1 amide bonds. The van der Waals surface area contributed by atoms with Crippen LogP contribution in [0.5, 0.6) is 0 Å². The molecule has 0 unspecified atom stereocenters. The number of nitrogen functional groups attached to an aromatic ring is 1. The lowest BCUT2D eigenvalue weighted by molar-refractivity contribution is -0.112. The Balaban J connectivity index is 0.000000201. The monoisotopic (exact) mass is 1180 g/mol. The molecule has 2 saturated carbocycles. The summed E-state index contributed by atoms with van der Waals surface area (Å²) >= 11 is 4.71.